The molecule has 7 nitrogen and oxygen atoms in total. The molecule has 0 aliphatic carbocycles. The van der Waals surface area contributed by atoms with E-state index >= 15 is 0 Å². The van der Waals surface area contributed by atoms with Gasteiger partial charge in [0.15, 0.2) is 14.8 Å². The fourth-order valence-corrected chi connectivity index (χ4v) is 6.90. The Morgan fingerprint density at radius 1 is 1.42 bits per heavy atom. The molecule has 0 spiro atoms. The van der Waals surface area contributed by atoms with Crippen LogP contribution in [0.4, 0.5) is 0 Å². The van der Waals surface area contributed by atoms with Crippen molar-refractivity contribution in [2.75, 3.05) is 17.3 Å². The highest BCUT2D eigenvalue weighted by atomic mass is 32.2. The lowest BCUT2D eigenvalue weighted by Gasteiger charge is -2.08. The predicted molar refractivity (Wildman–Crippen MR) is 94.5 cm³/mol. The fourth-order valence-electron chi connectivity index (χ4n) is 2.87. The summed E-state index contributed by atoms with van der Waals surface area (Å²) >= 11 is 1.58. The van der Waals surface area contributed by atoms with Crippen molar-refractivity contribution in [1.82, 2.24) is 14.1 Å². The normalized spacial score (nSPS) is 20.8. The second-order valence-electron chi connectivity index (χ2n) is 6.33. The van der Waals surface area contributed by atoms with Gasteiger partial charge in [0.2, 0.25) is 10.0 Å². The monoisotopic (exact) mass is 391 g/mol. The number of aromatic nitrogens is 2. The molecule has 0 amide bonds. The van der Waals surface area contributed by atoms with Crippen molar-refractivity contribution in [3.8, 4) is 0 Å². The Morgan fingerprint density at radius 2 is 2.17 bits per heavy atom. The molecule has 1 N–H and O–H groups in total. The molecule has 3 heterocycles. The first-order chi connectivity index (χ1) is 11.2. The lowest BCUT2D eigenvalue weighted by atomic mass is 10.1. The largest absolute Gasteiger partial charge is 0.294 e. The van der Waals surface area contributed by atoms with E-state index in [9.17, 15) is 16.8 Å². The number of imidazole rings is 1. The molecule has 0 bridgehead atoms. The zero-order valence-corrected chi connectivity index (χ0v) is 16.1. The first kappa shape index (κ1) is 17.8. The summed E-state index contributed by atoms with van der Waals surface area (Å²) in [5.41, 5.74) is 1.79. The number of aryl methyl sites for hydroxylation is 2. The van der Waals surface area contributed by atoms with Crippen LogP contribution in [0.15, 0.2) is 6.20 Å². The number of nitrogens with zero attached hydrogens (tertiary/aromatic N) is 2. The summed E-state index contributed by atoms with van der Waals surface area (Å²) in [4.78, 5) is 6.48. The molecule has 1 saturated heterocycles. The molecule has 0 aromatic carbocycles. The minimum atomic E-state index is -3.43. The van der Waals surface area contributed by atoms with Crippen molar-refractivity contribution in [1.29, 1.82) is 0 Å². The van der Waals surface area contributed by atoms with E-state index in [0.29, 0.717) is 18.5 Å². The molecule has 24 heavy (non-hydrogen) atoms. The smallest absolute Gasteiger partial charge is 0.211 e. The molecule has 3 rings (SSSR count). The third-order valence-electron chi connectivity index (χ3n) is 4.43. The van der Waals surface area contributed by atoms with Crippen LogP contribution < -0.4 is 4.72 Å². The van der Waals surface area contributed by atoms with Gasteiger partial charge in [0, 0.05) is 16.8 Å². The maximum Gasteiger partial charge on any atom is 0.211 e. The molecular formula is C14H21N3O4S3. The third-order valence-corrected chi connectivity index (χ3v) is 8.70. The van der Waals surface area contributed by atoms with E-state index < -0.39 is 19.9 Å². The minimum absolute atomic E-state index is 0.0462. The van der Waals surface area contributed by atoms with Crippen LogP contribution in [0.25, 0.3) is 4.96 Å². The van der Waals surface area contributed by atoms with Crippen LogP contribution in [0.3, 0.4) is 0 Å². The molecule has 1 unspecified atom stereocenters. The molecule has 134 valence electrons. The molecule has 2 aromatic heterocycles. The number of nitrogens with one attached hydrogen (secondary N) is 1. The number of sulfonamides is 1. The Balaban J connectivity index is 1.56. The van der Waals surface area contributed by atoms with Gasteiger partial charge in [0.1, 0.15) is 0 Å². The van der Waals surface area contributed by atoms with Gasteiger partial charge >= 0.3 is 0 Å². The Bertz CT molecular complexity index is 957. The Hall–Kier alpha value is -0.970. The van der Waals surface area contributed by atoms with Gasteiger partial charge in [0.05, 0.1) is 29.5 Å². The van der Waals surface area contributed by atoms with Gasteiger partial charge in [0.25, 0.3) is 0 Å². The molecule has 1 aliphatic rings. The van der Waals surface area contributed by atoms with E-state index in [0.717, 1.165) is 10.7 Å². The van der Waals surface area contributed by atoms with Gasteiger partial charge in [-0.2, -0.15) is 0 Å². The second kappa shape index (κ2) is 6.40. The van der Waals surface area contributed by atoms with Crippen LogP contribution in [0, 0.1) is 19.8 Å². The Kier molecular flexibility index (Phi) is 4.75. The van der Waals surface area contributed by atoms with Crippen LogP contribution >= 0.6 is 11.3 Å². The standard InChI is InChI=1S/C14H21N3O4S3/c1-10-11(2)22-14-16-13(8-17(10)14)7-15-24(20,21)6-4-12-3-5-23(18,19)9-12/h8,12,15H,3-7,9H2,1-2H3. The molecule has 2 aromatic rings. The molecule has 10 heteroatoms. The van der Waals surface area contributed by atoms with Crippen LogP contribution in [-0.4, -0.2) is 43.5 Å². The predicted octanol–water partition coefficient (Wildman–Crippen LogP) is 1.26. The highest BCUT2D eigenvalue weighted by Gasteiger charge is 2.28. The van der Waals surface area contributed by atoms with Gasteiger partial charge in [-0.15, -0.1) is 11.3 Å². The number of rotatable bonds is 6. The zero-order chi connectivity index (χ0) is 17.5. The Morgan fingerprint density at radius 3 is 2.79 bits per heavy atom. The molecule has 0 saturated carbocycles. The van der Waals surface area contributed by atoms with Crippen LogP contribution in [-0.2, 0) is 26.4 Å². The van der Waals surface area contributed by atoms with Crippen molar-refractivity contribution in [3.63, 3.8) is 0 Å². The Labute approximate surface area is 146 Å². The first-order valence-electron chi connectivity index (χ1n) is 7.77. The highest BCUT2D eigenvalue weighted by Crippen LogP contribution is 2.23. The topological polar surface area (TPSA) is 97.6 Å². The summed E-state index contributed by atoms with van der Waals surface area (Å²) in [6, 6.07) is 0. The maximum absolute atomic E-state index is 12.1. The molecule has 1 fully saturated rings. The van der Waals surface area contributed by atoms with E-state index in [2.05, 4.69) is 9.71 Å². The fraction of sp³-hybridized carbons (Fsp3) is 0.643. The minimum Gasteiger partial charge on any atom is -0.294 e. The quantitative estimate of drug-likeness (QED) is 0.799. The lowest BCUT2D eigenvalue weighted by molar-refractivity contribution is 0.543. The van der Waals surface area contributed by atoms with Crippen LogP contribution in [0.5, 0.6) is 0 Å². The summed E-state index contributed by atoms with van der Waals surface area (Å²) in [6.45, 7) is 4.18. The molecule has 0 radical (unpaired) electrons. The van der Waals surface area contributed by atoms with Crippen molar-refractivity contribution in [2.45, 2.75) is 33.2 Å². The van der Waals surface area contributed by atoms with Crippen molar-refractivity contribution in [2.24, 2.45) is 5.92 Å². The highest BCUT2D eigenvalue weighted by molar-refractivity contribution is 7.91. The summed E-state index contributed by atoms with van der Waals surface area (Å²) in [5.74, 6) is 0.191. The SMILES string of the molecule is Cc1sc2nc(CNS(=O)(=O)CCC3CCS(=O)(=O)C3)cn2c1C. The second-order valence-corrected chi connectivity index (χ2v) is 11.7. The number of fused-ring (bicyclic) bond motifs is 1. The number of hydrogen-bond acceptors (Lipinski definition) is 6. The lowest BCUT2D eigenvalue weighted by Crippen LogP contribution is -2.27. The van der Waals surface area contributed by atoms with Crippen molar-refractivity contribution < 1.29 is 16.8 Å². The third kappa shape index (κ3) is 3.98. The molecule has 1 aliphatic heterocycles. The van der Waals surface area contributed by atoms with Crippen molar-refractivity contribution in [3.05, 3.63) is 22.5 Å². The van der Waals surface area contributed by atoms with E-state index in [-0.39, 0.29) is 29.7 Å². The van der Waals surface area contributed by atoms with E-state index in [1.165, 1.54) is 4.88 Å². The average molecular weight is 392 g/mol. The summed E-state index contributed by atoms with van der Waals surface area (Å²) in [5, 5.41) is 0. The van der Waals surface area contributed by atoms with Gasteiger partial charge < -0.3 is 0 Å². The average Bonchev–Trinajstić information content (AvgIpc) is 3.12. The van der Waals surface area contributed by atoms with E-state index in [1.54, 1.807) is 11.3 Å². The first-order valence-corrected chi connectivity index (χ1v) is 12.1. The summed E-state index contributed by atoms with van der Waals surface area (Å²) < 4.78 is 51.6. The van der Waals surface area contributed by atoms with Crippen molar-refractivity contribution >= 4 is 36.2 Å². The number of hydrogen-bond donors (Lipinski definition) is 1. The van der Waals surface area contributed by atoms with Gasteiger partial charge in [-0.3, -0.25) is 4.40 Å². The number of sulfone groups is 1. The van der Waals surface area contributed by atoms with E-state index in [1.807, 2.05) is 24.4 Å². The van der Waals surface area contributed by atoms with E-state index in [4.69, 9.17) is 0 Å². The number of thiazole rings is 1. The van der Waals surface area contributed by atoms with Crippen LogP contribution in [0.1, 0.15) is 29.1 Å². The van der Waals surface area contributed by atoms with Gasteiger partial charge in [-0.25, -0.2) is 26.5 Å². The zero-order valence-electron chi connectivity index (χ0n) is 13.6. The van der Waals surface area contributed by atoms with Gasteiger partial charge in [-0.1, -0.05) is 0 Å². The summed E-state index contributed by atoms with van der Waals surface area (Å²) in [7, 11) is -6.40. The summed E-state index contributed by atoms with van der Waals surface area (Å²) in [6.07, 6.45) is 2.79. The van der Waals surface area contributed by atoms with Crippen LogP contribution in [0.2, 0.25) is 0 Å². The van der Waals surface area contributed by atoms with Gasteiger partial charge in [-0.05, 0) is 32.6 Å². The molecular weight excluding hydrogens is 370 g/mol. The maximum atomic E-state index is 12.1. The molecule has 1 atom stereocenters.